The second kappa shape index (κ2) is 9.12. The highest BCUT2D eigenvalue weighted by atomic mass is 32.2. The van der Waals surface area contributed by atoms with Crippen molar-refractivity contribution in [2.24, 2.45) is 0 Å². The van der Waals surface area contributed by atoms with Crippen LogP contribution in [0.15, 0.2) is 45.7 Å². The number of amides is 1. The van der Waals surface area contributed by atoms with Gasteiger partial charge in [-0.05, 0) is 56.0 Å². The molecule has 2 fully saturated rings. The highest BCUT2D eigenvalue weighted by Gasteiger charge is 2.42. The number of piperidine rings is 1. The summed E-state index contributed by atoms with van der Waals surface area (Å²) in [6.07, 6.45) is 2.11. The van der Waals surface area contributed by atoms with E-state index in [1.165, 1.54) is 25.3 Å². The minimum absolute atomic E-state index is 0.0765. The highest BCUT2D eigenvalue weighted by molar-refractivity contribution is 7.89. The number of furan rings is 1. The molecule has 2 saturated heterocycles. The SMILES string of the molecule is COc1ccc(S(=O)(=O)NC2CCOC3(CCN(C(=O)c4ccc([N+](=O)[O-])o4)CC3)C2)cc1. The second-order valence-electron chi connectivity index (χ2n) is 8.21. The maximum absolute atomic E-state index is 12.8. The van der Waals surface area contributed by atoms with Crippen LogP contribution in [-0.2, 0) is 14.8 Å². The maximum Gasteiger partial charge on any atom is 0.433 e. The van der Waals surface area contributed by atoms with E-state index in [2.05, 4.69) is 4.72 Å². The van der Waals surface area contributed by atoms with Crippen molar-refractivity contribution in [1.29, 1.82) is 0 Å². The summed E-state index contributed by atoms with van der Waals surface area (Å²) in [5, 5.41) is 10.8. The van der Waals surface area contributed by atoms with E-state index >= 15 is 0 Å². The van der Waals surface area contributed by atoms with Gasteiger partial charge < -0.3 is 18.8 Å². The van der Waals surface area contributed by atoms with Gasteiger partial charge in [-0.15, -0.1) is 0 Å². The van der Waals surface area contributed by atoms with Crippen LogP contribution in [0.1, 0.15) is 36.2 Å². The minimum Gasteiger partial charge on any atom is -0.497 e. The number of likely N-dealkylation sites (tertiary alicyclic amines) is 1. The molecular formula is C21H25N3O8S. The second-order valence-corrected chi connectivity index (χ2v) is 9.92. The third-order valence-corrected chi connectivity index (χ3v) is 7.67. The highest BCUT2D eigenvalue weighted by Crippen LogP contribution is 2.36. The van der Waals surface area contributed by atoms with E-state index in [1.807, 2.05) is 0 Å². The Hall–Kier alpha value is -2.96. The molecule has 1 aromatic heterocycles. The molecule has 178 valence electrons. The van der Waals surface area contributed by atoms with Gasteiger partial charge in [-0.2, -0.15) is 0 Å². The average molecular weight is 480 g/mol. The smallest absolute Gasteiger partial charge is 0.433 e. The summed E-state index contributed by atoms with van der Waals surface area (Å²) in [5.74, 6) is -0.392. The lowest BCUT2D eigenvalue weighted by Crippen LogP contribution is -2.54. The summed E-state index contributed by atoms with van der Waals surface area (Å²) in [6.45, 7) is 1.17. The fourth-order valence-corrected chi connectivity index (χ4v) is 5.60. The predicted molar refractivity (Wildman–Crippen MR) is 116 cm³/mol. The van der Waals surface area contributed by atoms with Crippen LogP contribution in [0.4, 0.5) is 5.88 Å². The molecule has 1 amide bonds. The van der Waals surface area contributed by atoms with Crippen molar-refractivity contribution < 1.29 is 32.0 Å². The van der Waals surface area contributed by atoms with E-state index in [4.69, 9.17) is 13.9 Å². The number of nitrogens with one attached hydrogen (secondary N) is 1. The van der Waals surface area contributed by atoms with Gasteiger partial charge in [0, 0.05) is 25.7 Å². The first-order valence-corrected chi connectivity index (χ1v) is 12.0. The monoisotopic (exact) mass is 479 g/mol. The number of nitrogens with zero attached hydrogens (tertiary/aromatic N) is 2. The molecule has 0 radical (unpaired) electrons. The topological polar surface area (TPSA) is 141 Å². The molecule has 2 aliphatic rings. The number of carbonyl (C=O) groups excluding carboxylic acids is 1. The molecule has 0 bridgehead atoms. The molecule has 3 heterocycles. The Labute approximate surface area is 190 Å². The zero-order valence-corrected chi connectivity index (χ0v) is 18.9. The van der Waals surface area contributed by atoms with Crippen LogP contribution in [-0.4, -0.2) is 62.6 Å². The summed E-state index contributed by atoms with van der Waals surface area (Å²) in [4.78, 5) is 24.5. The number of sulfonamides is 1. The summed E-state index contributed by atoms with van der Waals surface area (Å²) >= 11 is 0. The van der Waals surface area contributed by atoms with Crippen LogP contribution < -0.4 is 9.46 Å². The fraction of sp³-hybridized carbons (Fsp3) is 0.476. The van der Waals surface area contributed by atoms with E-state index in [0.717, 1.165) is 6.07 Å². The third-order valence-electron chi connectivity index (χ3n) is 6.13. The Morgan fingerprint density at radius 2 is 1.91 bits per heavy atom. The van der Waals surface area contributed by atoms with Gasteiger partial charge in [-0.3, -0.25) is 14.9 Å². The standard InChI is InChI=1S/C21H25N3O8S/c1-30-16-2-4-17(5-3-16)33(28,29)22-15-8-13-31-21(14-15)9-11-23(12-10-21)20(25)18-6-7-19(32-18)24(26)27/h2-7,15,22H,8-14H2,1H3. The van der Waals surface area contributed by atoms with Crippen molar-refractivity contribution in [3.63, 3.8) is 0 Å². The number of carbonyl (C=O) groups is 1. The molecule has 1 aromatic carbocycles. The van der Waals surface area contributed by atoms with E-state index in [-0.39, 0.29) is 16.7 Å². The van der Waals surface area contributed by atoms with Crippen molar-refractivity contribution in [2.45, 2.75) is 42.2 Å². The molecule has 1 atom stereocenters. The zero-order valence-electron chi connectivity index (χ0n) is 18.1. The molecule has 0 saturated carbocycles. The Balaban J connectivity index is 1.37. The lowest BCUT2D eigenvalue weighted by Gasteiger charge is -2.46. The van der Waals surface area contributed by atoms with Crippen LogP contribution in [0.5, 0.6) is 5.75 Å². The van der Waals surface area contributed by atoms with Gasteiger partial charge in [0.15, 0.2) is 5.76 Å². The summed E-state index contributed by atoms with van der Waals surface area (Å²) in [6, 6.07) is 8.36. The first-order chi connectivity index (χ1) is 15.7. The first kappa shape index (κ1) is 23.2. The number of nitro groups is 1. The number of rotatable bonds is 6. The molecule has 33 heavy (non-hydrogen) atoms. The Morgan fingerprint density at radius 3 is 2.52 bits per heavy atom. The van der Waals surface area contributed by atoms with Crippen LogP contribution in [0.3, 0.4) is 0 Å². The van der Waals surface area contributed by atoms with E-state index in [0.29, 0.717) is 51.1 Å². The van der Waals surface area contributed by atoms with Crippen molar-refractivity contribution in [2.75, 3.05) is 26.8 Å². The van der Waals surface area contributed by atoms with Gasteiger partial charge in [0.05, 0.1) is 23.7 Å². The predicted octanol–water partition coefficient (Wildman–Crippen LogP) is 2.33. The molecule has 12 heteroatoms. The molecule has 11 nitrogen and oxygen atoms in total. The molecule has 1 unspecified atom stereocenters. The number of hydrogen-bond donors (Lipinski definition) is 1. The normalized spacial score (nSPS) is 20.5. The van der Waals surface area contributed by atoms with Crippen molar-refractivity contribution in [1.82, 2.24) is 9.62 Å². The van der Waals surface area contributed by atoms with Crippen LogP contribution in [0, 0.1) is 10.1 Å². The number of methoxy groups -OCH3 is 1. The molecular weight excluding hydrogens is 454 g/mol. The Kier molecular flexibility index (Phi) is 6.41. The summed E-state index contributed by atoms with van der Waals surface area (Å²) < 4.78 is 44.6. The lowest BCUT2D eigenvalue weighted by atomic mass is 9.82. The maximum atomic E-state index is 12.8. The van der Waals surface area contributed by atoms with E-state index in [1.54, 1.807) is 17.0 Å². The lowest BCUT2D eigenvalue weighted by molar-refractivity contribution is -0.402. The molecule has 2 aromatic rings. The van der Waals surface area contributed by atoms with Crippen LogP contribution in [0.2, 0.25) is 0 Å². The zero-order chi connectivity index (χ0) is 23.6. The van der Waals surface area contributed by atoms with Gasteiger partial charge in [0.2, 0.25) is 10.0 Å². The van der Waals surface area contributed by atoms with Gasteiger partial charge in [-0.1, -0.05) is 0 Å². The number of benzene rings is 1. The molecule has 1 N–H and O–H groups in total. The molecule has 2 aliphatic heterocycles. The van der Waals surface area contributed by atoms with Crippen molar-refractivity contribution >= 4 is 21.8 Å². The van der Waals surface area contributed by atoms with Crippen molar-refractivity contribution in [3.05, 3.63) is 52.3 Å². The van der Waals surface area contributed by atoms with E-state index < -0.39 is 32.3 Å². The molecule has 4 rings (SSSR count). The average Bonchev–Trinajstić information content (AvgIpc) is 3.30. The minimum atomic E-state index is -3.70. The van der Waals surface area contributed by atoms with Crippen LogP contribution >= 0.6 is 0 Å². The summed E-state index contributed by atoms with van der Waals surface area (Å²) in [5.41, 5.74) is -0.530. The van der Waals surface area contributed by atoms with Gasteiger partial charge >= 0.3 is 5.88 Å². The quantitative estimate of drug-likeness (QED) is 0.492. The fourth-order valence-electron chi connectivity index (χ4n) is 4.33. The Morgan fingerprint density at radius 1 is 1.21 bits per heavy atom. The van der Waals surface area contributed by atoms with Gasteiger partial charge in [-0.25, -0.2) is 13.1 Å². The number of hydrogen-bond acceptors (Lipinski definition) is 8. The van der Waals surface area contributed by atoms with Gasteiger partial charge in [0.25, 0.3) is 5.91 Å². The molecule has 1 spiro atoms. The number of ether oxygens (including phenoxy) is 2. The van der Waals surface area contributed by atoms with Gasteiger partial charge in [0.1, 0.15) is 10.7 Å². The molecule has 0 aliphatic carbocycles. The van der Waals surface area contributed by atoms with Crippen LogP contribution in [0.25, 0.3) is 0 Å². The van der Waals surface area contributed by atoms with E-state index in [9.17, 15) is 23.3 Å². The third kappa shape index (κ3) is 5.02. The largest absolute Gasteiger partial charge is 0.497 e. The Bertz CT molecular complexity index is 1120. The van der Waals surface area contributed by atoms with Crippen molar-refractivity contribution in [3.8, 4) is 5.75 Å². The summed E-state index contributed by atoms with van der Waals surface area (Å²) in [7, 11) is -2.18. The first-order valence-electron chi connectivity index (χ1n) is 10.6.